The van der Waals surface area contributed by atoms with Gasteiger partial charge in [-0.1, -0.05) is 18.2 Å². The molecule has 0 radical (unpaired) electrons. The van der Waals surface area contributed by atoms with E-state index in [1.807, 2.05) is 30.3 Å². The number of nitrogens with zero attached hydrogens (tertiary/aromatic N) is 1. The van der Waals surface area contributed by atoms with Crippen molar-refractivity contribution in [3.63, 3.8) is 0 Å². The molecule has 5 heteroatoms. The topological polar surface area (TPSA) is 61.0 Å². The summed E-state index contributed by atoms with van der Waals surface area (Å²) in [5.41, 5.74) is 1.67. The molecular formula is C19H13NO4. The summed E-state index contributed by atoms with van der Waals surface area (Å²) in [6.07, 6.45) is 1.58. The lowest BCUT2D eigenvalue weighted by Gasteiger charge is -2.01. The summed E-state index contributed by atoms with van der Waals surface area (Å²) >= 11 is 0. The van der Waals surface area contributed by atoms with Gasteiger partial charge in [-0.2, -0.15) is 0 Å². The summed E-state index contributed by atoms with van der Waals surface area (Å²) in [5, 5.41) is 0.968. The minimum atomic E-state index is -0.499. The Labute approximate surface area is 137 Å². The minimum absolute atomic E-state index is 0.208. The molecule has 1 aliphatic rings. The highest BCUT2D eigenvalue weighted by molar-refractivity contribution is 6.12. The van der Waals surface area contributed by atoms with Crippen molar-refractivity contribution in [3.05, 3.63) is 71.6 Å². The van der Waals surface area contributed by atoms with Gasteiger partial charge in [0, 0.05) is 17.0 Å². The van der Waals surface area contributed by atoms with Crippen molar-refractivity contribution in [1.29, 1.82) is 0 Å². The number of carbonyl (C=O) groups excluding carboxylic acids is 1. The van der Waals surface area contributed by atoms with Gasteiger partial charge in [0.25, 0.3) is 0 Å². The van der Waals surface area contributed by atoms with Gasteiger partial charge in [0.15, 0.2) is 5.70 Å². The number of hydrogen-bond acceptors (Lipinski definition) is 5. The first-order chi connectivity index (χ1) is 11.7. The lowest BCUT2D eigenvalue weighted by molar-refractivity contribution is -0.129. The summed E-state index contributed by atoms with van der Waals surface area (Å²) in [6.45, 7) is 0. The van der Waals surface area contributed by atoms with Crippen LogP contribution in [0.3, 0.4) is 0 Å². The molecule has 118 valence electrons. The van der Waals surface area contributed by atoms with Gasteiger partial charge < -0.3 is 13.9 Å². The maximum Gasteiger partial charge on any atom is 0.363 e. The summed E-state index contributed by atoms with van der Waals surface area (Å²) in [7, 11) is 1.59. The number of rotatable bonds is 3. The van der Waals surface area contributed by atoms with E-state index in [1.54, 1.807) is 37.5 Å². The molecule has 4 rings (SSSR count). The molecule has 0 spiro atoms. The fraction of sp³-hybridized carbons (Fsp3) is 0.0526. The molecule has 0 saturated heterocycles. The van der Waals surface area contributed by atoms with Crippen LogP contribution in [0.4, 0.5) is 0 Å². The van der Waals surface area contributed by atoms with Gasteiger partial charge in [-0.15, -0.1) is 0 Å². The molecule has 2 aromatic carbocycles. The first-order valence-corrected chi connectivity index (χ1v) is 7.38. The number of furan rings is 1. The van der Waals surface area contributed by atoms with Crippen molar-refractivity contribution in [2.24, 2.45) is 4.99 Å². The zero-order chi connectivity index (χ0) is 16.5. The van der Waals surface area contributed by atoms with Gasteiger partial charge in [-0.3, -0.25) is 0 Å². The van der Waals surface area contributed by atoms with E-state index in [0.717, 1.165) is 16.7 Å². The molecule has 1 aliphatic heterocycles. The van der Waals surface area contributed by atoms with Crippen LogP contribution < -0.4 is 4.74 Å². The molecule has 0 N–H and O–H groups in total. The number of carbonyl (C=O) groups is 1. The lowest BCUT2D eigenvalue weighted by atomic mass is 10.2. The molecule has 0 saturated carbocycles. The van der Waals surface area contributed by atoms with Crippen LogP contribution >= 0.6 is 0 Å². The highest BCUT2D eigenvalue weighted by Crippen LogP contribution is 2.24. The molecule has 1 aromatic heterocycles. The smallest absolute Gasteiger partial charge is 0.363 e. The number of para-hydroxylation sites is 1. The third kappa shape index (κ3) is 2.56. The van der Waals surface area contributed by atoms with Gasteiger partial charge in [-0.05, 0) is 36.4 Å². The Bertz CT molecular complexity index is 947. The number of aliphatic imine (C=N–C) groups is 1. The van der Waals surface area contributed by atoms with Crippen LogP contribution in [0.5, 0.6) is 5.75 Å². The van der Waals surface area contributed by atoms with Crippen molar-refractivity contribution in [2.75, 3.05) is 7.11 Å². The van der Waals surface area contributed by atoms with Crippen LogP contribution in [0.2, 0.25) is 0 Å². The minimum Gasteiger partial charge on any atom is -0.497 e. The molecular weight excluding hydrogens is 306 g/mol. The Kier molecular flexibility index (Phi) is 3.39. The zero-order valence-electron chi connectivity index (χ0n) is 12.9. The number of fused-ring (bicyclic) bond motifs is 1. The van der Waals surface area contributed by atoms with Gasteiger partial charge in [0.05, 0.1) is 7.11 Å². The zero-order valence-corrected chi connectivity index (χ0v) is 12.9. The Morgan fingerprint density at radius 2 is 1.88 bits per heavy atom. The van der Waals surface area contributed by atoms with Crippen LogP contribution in [0.1, 0.15) is 11.3 Å². The highest BCUT2D eigenvalue weighted by Gasteiger charge is 2.24. The number of benzene rings is 2. The molecule has 3 aromatic rings. The SMILES string of the molecule is COc1ccc(C2=N/C(=C\c3cc4ccccc4o3)C(=O)O2)cc1. The molecule has 0 bridgehead atoms. The van der Waals surface area contributed by atoms with E-state index in [-0.39, 0.29) is 11.6 Å². The maximum absolute atomic E-state index is 12.0. The summed E-state index contributed by atoms with van der Waals surface area (Å²) < 4.78 is 16.0. The highest BCUT2D eigenvalue weighted by atomic mass is 16.6. The standard InChI is InChI=1S/C19H13NO4/c1-22-14-8-6-12(7-9-14)18-20-16(19(21)24-18)11-15-10-13-4-2-3-5-17(13)23-15/h2-11H,1H3/b16-11-. The number of cyclic esters (lactones) is 1. The Hall–Kier alpha value is -3.34. The molecule has 0 atom stereocenters. The number of hydrogen-bond donors (Lipinski definition) is 0. The van der Waals surface area contributed by atoms with E-state index in [9.17, 15) is 4.79 Å². The van der Waals surface area contributed by atoms with Crippen molar-refractivity contribution in [3.8, 4) is 5.75 Å². The third-order valence-corrected chi connectivity index (χ3v) is 3.68. The first kappa shape index (κ1) is 14.3. The predicted octanol–water partition coefficient (Wildman–Crippen LogP) is 3.79. The van der Waals surface area contributed by atoms with Gasteiger partial charge in [0.1, 0.15) is 17.1 Å². The largest absolute Gasteiger partial charge is 0.497 e. The van der Waals surface area contributed by atoms with E-state index in [0.29, 0.717) is 11.3 Å². The van der Waals surface area contributed by atoms with Crippen LogP contribution in [0.25, 0.3) is 17.0 Å². The molecule has 24 heavy (non-hydrogen) atoms. The van der Waals surface area contributed by atoms with Crippen LogP contribution in [0, 0.1) is 0 Å². The average molecular weight is 319 g/mol. The fourth-order valence-electron chi connectivity index (χ4n) is 2.47. The third-order valence-electron chi connectivity index (χ3n) is 3.68. The van der Waals surface area contributed by atoms with Crippen molar-refractivity contribution in [1.82, 2.24) is 0 Å². The number of ether oxygens (including phenoxy) is 2. The van der Waals surface area contributed by atoms with E-state index in [4.69, 9.17) is 13.9 Å². The molecule has 0 aliphatic carbocycles. The number of esters is 1. The lowest BCUT2D eigenvalue weighted by Crippen LogP contribution is -2.05. The summed E-state index contributed by atoms with van der Waals surface area (Å²) in [5.74, 6) is 1.05. The average Bonchev–Trinajstić information content (AvgIpc) is 3.18. The quantitative estimate of drug-likeness (QED) is 0.544. The second kappa shape index (κ2) is 5.70. The predicted molar refractivity (Wildman–Crippen MR) is 89.8 cm³/mol. The van der Waals surface area contributed by atoms with Gasteiger partial charge in [-0.25, -0.2) is 9.79 Å². The molecule has 0 fully saturated rings. The van der Waals surface area contributed by atoms with Crippen molar-refractivity contribution in [2.45, 2.75) is 0 Å². The molecule has 0 amide bonds. The van der Waals surface area contributed by atoms with E-state index in [1.165, 1.54) is 0 Å². The van der Waals surface area contributed by atoms with E-state index < -0.39 is 5.97 Å². The van der Waals surface area contributed by atoms with Crippen LogP contribution in [-0.4, -0.2) is 19.0 Å². The maximum atomic E-state index is 12.0. The van der Waals surface area contributed by atoms with Crippen molar-refractivity contribution >= 4 is 28.9 Å². The van der Waals surface area contributed by atoms with Crippen LogP contribution in [-0.2, 0) is 9.53 Å². The van der Waals surface area contributed by atoms with Gasteiger partial charge in [0.2, 0.25) is 5.90 Å². The Morgan fingerprint density at radius 3 is 2.62 bits per heavy atom. The van der Waals surface area contributed by atoms with Crippen molar-refractivity contribution < 1.29 is 18.7 Å². The van der Waals surface area contributed by atoms with E-state index >= 15 is 0 Å². The van der Waals surface area contributed by atoms with Gasteiger partial charge >= 0.3 is 5.97 Å². The Balaban J connectivity index is 1.67. The van der Waals surface area contributed by atoms with Crippen LogP contribution in [0.15, 0.2) is 69.7 Å². The summed E-state index contributed by atoms with van der Waals surface area (Å²) in [4.78, 5) is 16.3. The normalized spacial score (nSPS) is 15.6. The second-order valence-corrected chi connectivity index (χ2v) is 5.25. The monoisotopic (exact) mass is 319 g/mol. The molecule has 2 heterocycles. The Morgan fingerprint density at radius 1 is 1.08 bits per heavy atom. The first-order valence-electron chi connectivity index (χ1n) is 7.38. The fourth-order valence-corrected chi connectivity index (χ4v) is 2.47. The second-order valence-electron chi connectivity index (χ2n) is 5.25. The summed E-state index contributed by atoms with van der Waals surface area (Å²) in [6, 6.07) is 16.6. The molecule has 5 nitrogen and oxygen atoms in total. The molecule has 0 unspecified atom stereocenters. The van der Waals surface area contributed by atoms with E-state index in [2.05, 4.69) is 4.99 Å². The number of methoxy groups -OCH3 is 1.